The lowest BCUT2D eigenvalue weighted by Crippen LogP contribution is -2.12. The number of carboxylic acids is 1. The molecule has 0 fully saturated rings. The Morgan fingerprint density at radius 1 is 1.25 bits per heavy atom. The fraction of sp³-hybridized carbons (Fsp3) is 0.312. The van der Waals surface area contributed by atoms with Gasteiger partial charge in [0.1, 0.15) is 11.9 Å². The fourth-order valence-electron chi connectivity index (χ4n) is 2.04. The molecule has 0 amide bonds. The summed E-state index contributed by atoms with van der Waals surface area (Å²) >= 11 is 0. The zero-order valence-corrected chi connectivity index (χ0v) is 12.1. The van der Waals surface area contributed by atoms with E-state index >= 15 is 0 Å². The first-order valence-corrected chi connectivity index (χ1v) is 6.45. The zero-order chi connectivity index (χ0) is 14.9. The smallest absolute Gasteiger partial charge is 0.339 e. The van der Waals surface area contributed by atoms with E-state index in [0.717, 1.165) is 16.7 Å². The Balaban J connectivity index is 2.67. The molecule has 2 rings (SSSR count). The molecule has 0 radical (unpaired) electrons. The van der Waals surface area contributed by atoms with Crippen molar-refractivity contribution in [2.45, 2.75) is 33.1 Å². The molecule has 1 aromatic carbocycles. The summed E-state index contributed by atoms with van der Waals surface area (Å²) in [7, 11) is 0. The van der Waals surface area contributed by atoms with Crippen LogP contribution in [0.25, 0.3) is 11.3 Å². The quantitative estimate of drug-likeness (QED) is 0.907. The second kappa shape index (κ2) is 5.04. The molecule has 4 nitrogen and oxygen atoms in total. The molecule has 1 aromatic heterocycles. The lowest BCUT2D eigenvalue weighted by atomic mass is 9.84. The molecule has 0 unspecified atom stereocenters. The predicted octanol–water partition coefficient (Wildman–Crippen LogP) is 3.45. The molecule has 0 spiro atoms. The minimum Gasteiger partial charge on any atom is -0.478 e. The van der Waals surface area contributed by atoms with E-state index in [0.29, 0.717) is 5.69 Å². The molecule has 0 bridgehead atoms. The molecule has 0 atom stereocenters. The Kier molecular flexibility index (Phi) is 3.57. The van der Waals surface area contributed by atoms with Crippen molar-refractivity contribution in [3.8, 4) is 11.3 Å². The summed E-state index contributed by atoms with van der Waals surface area (Å²) in [4.78, 5) is 19.3. The van der Waals surface area contributed by atoms with Crippen LogP contribution in [0.2, 0.25) is 0 Å². The van der Waals surface area contributed by atoms with Crippen LogP contribution in [0.3, 0.4) is 0 Å². The number of carbonyl (C=O) groups is 1. The standard InChI is InChI=1S/C16H18N2O2/c1-10-5-6-11(16(2,3)4)7-12(10)14-13(15(19)20)8-17-9-18-14/h5-9H,1-4H3,(H,19,20). The summed E-state index contributed by atoms with van der Waals surface area (Å²) in [5.41, 5.74) is 3.58. The second-order valence-electron chi connectivity index (χ2n) is 5.87. The van der Waals surface area contributed by atoms with Gasteiger partial charge in [0.2, 0.25) is 0 Å². The van der Waals surface area contributed by atoms with E-state index < -0.39 is 5.97 Å². The number of aromatic carboxylic acids is 1. The van der Waals surface area contributed by atoms with Gasteiger partial charge in [0, 0.05) is 11.8 Å². The van der Waals surface area contributed by atoms with Gasteiger partial charge in [-0.1, -0.05) is 32.9 Å². The number of hydrogen-bond donors (Lipinski definition) is 1. The van der Waals surface area contributed by atoms with Crippen molar-refractivity contribution in [3.63, 3.8) is 0 Å². The zero-order valence-electron chi connectivity index (χ0n) is 12.1. The highest BCUT2D eigenvalue weighted by Crippen LogP contribution is 2.30. The van der Waals surface area contributed by atoms with Crippen LogP contribution in [-0.2, 0) is 5.41 Å². The van der Waals surface area contributed by atoms with Crippen molar-refractivity contribution in [2.24, 2.45) is 0 Å². The average molecular weight is 270 g/mol. The summed E-state index contributed by atoms with van der Waals surface area (Å²) in [6.07, 6.45) is 2.72. The Morgan fingerprint density at radius 3 is 2.55 bits per heavy atom. The van der Waals surface area contributed by atoms with E-state index in [4.69, 9.17) is 0 Å². The maximum atomic E-state index is 11.3. The van der Waals surface area contributed by atoms with Gasteiger partial charge >= 0.3 is 5.97 Å². The van der Waals surface area contributed by atoms with Crippen LogP contribution < -0.4 is 0 Å². The van der Waals surface area contributed by atoms with Crippen molar-refractivity contribution in [3.05, 3.63) is 47.4 Å². The summed E-state index contributed by atoms with van der Waals surface area (Å²) in [5, 5.41) is 9.27. The number of carboxylic acid groups (broad SMARTS) is 1. The number of aryl methyl sites for hydroxylation is 1. The molecule has 4 heteroatoms. The van der Waals surface area contributed by atoms with Crippen LogP contribution >= 0.6 is 0 Å². The van der Waals surface area contributed by atoms with Crippen LogP contribution in [-0.4, -0.2) is 21.0 Å². The van der Waals surface area contributed by atoms with Gasteiger partial charge in [0.25, 0.3) is 0 Å². The van der Waals surface area contributed by atoms with Gasteiger partial charge in [-0.2, -0.15) is 0 Å². The topological polar surface area (TPSA) is 63.1 Å². The summed E-state index contributed by atoms with van der Waals surface area (Å²) in [6, 6.07) is 6.09. The van der Waals surface area contributed by atoms with Crippen LogP contribution in [0, 0.1) is 6.92 Å². The lowest BCUT2D eigenvalue weighted by Gasteiger charge is -2.21. The summed E-state index contributed by atoms with van der Waals surface area (Å²) < 4.78 is 0. The Hall–Kier alpha value is -2.23. The van der Waals surface area contributed by atoms with Crippen molar-refractivity contribution in [1.82, 2.24) is 9.97 Å². The first-order chi connectivity index (χ1) is 9.30. The molecule has 2 aromatic rings. The Labute approximate surface area is 118 Å². The third-order valence-corrected chi connectivity index (χ3v) is 3.30. The van der Waals surface area contributed by atoms with E-state index in [2.05, 4.69) is 36.8 Å². The number of aromatic nitrogens is 2. The molecule has 0 saturated carbocycles. The highest BCUT2D eigenvalue weighted by Gasteiger charge is 2.19. The number of nitrogens with zero attached hydrogens (tertiary/aromatic N) is 2. The van der Waals surface area contributed by atoms with Gasteiger partial charge in [-0.15, -0.1) is 0 Å². The van der Waals surface area contributed by atoms with Crippen molar-refractivity contribution in [2.75, 3.05) is 0 Å². The van der Waals surface area contributed by atoms with Crippen molar-refractivity contribution in [1.29, 1.82) is 0 Å². The van der Waals surface area contributed by atoms with Gasteiger partial charge in [0.05, 0.1) is 5.69 Å². The van der Waals surface area contributed by atoms with Gasteiger partial charge in [-0.05, 0) is 29.5 Å². The molecule has 0 aliphatic carbocycles. The van der Waals surface area contributed by atoms with Gasteiger partial charge in [0.15, 0.2) is 0 Å². The number of hydrogen-bond acceptors (Lipinski definition) is 3. The average Bonchev–Trinajstić information content (AvgIpc) is 2.38. The molecular formula is C16H18N2O2. The Bertz CT molecular complexity index is 658. The normalized spacial score (nSPS) is 11.4. The van der Waals surface area contributed by atoms with Gasteiger partial charge in [-0.3, -0.25) is 0 Å². The number of benzene rings is 1. The van der Waals surface area contributed by atoms with E-state index in [9.17, 15) is 9.90 Å². The van der Waals surface area contributed by atoms with Crippen molar-refractivity contribution < 1.29 is 9.90 Å². The Morgan fingerprint density at radius 2 is 1.95 bits per heavy atom. The highest BCUT2D eigenvalue weighted by molar-refractivity contribution is 5.94. The third-order valence-electron chi connectivity index (χ3n) is 3.30. The molecule has 0 aliphatic heterocycles. The van der Waals surface area contributed by atoms with Gasteiger partial charge in [-0.25, -0.2) is 14.8 Å². The summed E-state index contributed by atoms with van der Waals surface area (Å²) in [5.74, 6) is -1.01. The molecule has 1 N–H and O–H groups in total. The van der Waals surface area contributed by atoms with Crippen molar-refractivity contribution >= 4 is 5.97 Å². The van der Waals surface area contributed by atoms with E-state index in [1.165, 1.54) is 12.5 Å². The fourth-order valence-corrected chi connectivity index (χ4v) is 2.04. The van der Waals surface area contributed by atoms with E-state index in [-0.39, 0.29) is 11.0 Å². The summed E-state index contributed by atoms with van der Waals surface area (Å²) in [6.45, 7) is 8.33. The van der Waals surface area contributed by atoms with E-state index in [1.807, 2.05) is 19.1 Å². The molecule has 0 saturated heterocycles. The number of rotatable bonds is 2. The first kappa shape index (κ1) is 14.2. The monoisotopic (exact) mass is 270 g/mol. The van der Waals surface area contributed by atoms with Crippen LogP contribution in [0.1, 0.15) is 42.3 Å². The molecule has 0 aliphatic rings. The third kappa shape index (κ3) is 2.69. The van der Waals surface area contributed by atoms with Gasteiger partial charge < -0.3 is 5.11 Å². The van der Waals surface area contributed by atoms with E-state index in [1.54, 1.807) is 0 Å². The first-order valence-electron chi connectivity index (χ1n) is 6.45. The molecule has 1 heterocycles. The minimum absolute atomic E-state index is 0.00112. The van der Waals surface area contributed by atoms with Crippen LogP contribution in [0.5, 0.6) is 0 Å². The minimum atomic E-state index is -1.01. The predicted molar refractivity (Wildman–Crippen MR) is 77.9 cm³/mol. The largest absolute Gasteiger partial charge is 0.478 e. The maximum absolute atomic E-state index is 11.3. The molecule has 104 valence electrons. The SMILES string of the molecule is Cc1ccc(C(C)(C)C)cc1-c1ncncc1C(=O)O. The molecular weight excluding hydrogens is 252 g/mol. The maximum Gasteiger partial charge on any atom is 0.339 e. The van der Waals surface area contributed by atoms with Crippen LogP contribution in [0.15, 0.2) is 30.7 Å². The highest BCUT2D eigenvalue weighted by atomic mass is 16.4. The second-order valence-corrected chi connectivity index (χ2v) is 5.87. The lowest BCUT2D eigenvalue weighted by molar-refractivity contribution is 0.0697. The molecule has 20 heavy (non-hydrogen) atoms. The van der Waals surface area contributed by atoms with Crippen LogP contribution in [0.4, 0.5) is 0 Å².